The summed E-state index contributed by atoms with van der Waals surface area (Å²) >= 11 is 0. The van der Waals surface area contributed by atoms with Gasteiger partial charge >= 0.3 is 0 Å². The summed E-state index contributed by atoms with van der Waals surface area (Å²) in [6.07, 6.45) is 1.47. The molecule has 1 aromatic carbocycles. The number of furan rings is 1. The minimum absolute atomic E-state index is 0.0545. The first-order valence-electron chi connectivity index (χ1n) is 6.20. The lowest BCUT2D eigenvalue weighted by Crippen LogP contribution is -2.31. The zero-order chi connectivity index (χ0) is 14.1. The molecule has 0 N–H and O–H groups in total. The van der Waals surface area contributed by atoms with E-state index in [4.69, 9.17) is 4.42 Å². The average molecular weight is 269 g/mol. The molecule has 0 saturated carbocycles. The summed E-state index contributed by atoms with van der Waals surface area (Å²) in [7, 11) is 0. The zero-order valence-corrected chi connectivity index (χ0v) is 10.5. The molecular weight excluding hydrogens is 258 g/mol. The molecule has 5 nitrogen and oxygen atoms in total. The van der Waals surface area contributed by atoms with Gasteiger partial charge in [0, 0.05) is 13.0 Å². The standard InChI is InChI=1S/C15H11NO4/c17-12(13-6-3-9-20-13)7-8-16-14(18)10-4-1-2-5-11(10)15(16)19/h1-6,9H,7-8H2. The van der Waals surface area contributed by atoms with Gasteiger partial charge in [-0.15, -0.1) is 0 Å². The van der Waals surface area contributed by atoms with Gasteiger partial charge in [-0.1, -0.05) is 12.1 Å². The number of rotatable bonds is 4. The molecule has 0 aliphatic carbocycles. The quantitative estimate of drug-likeness (QED) is 0.630. The molecule has 0 bridgehead atoms. The fourth-order valence-electron chi connectivity index (χ4n) is 2.22. The van der Waals surface area contributed by atoms with E-state index in [1.54, 1.807) is 36.4 Å². The van der Waals surface area contributed by atoms with E-state index in [0.717, 1.165) is 4.90 Å². The molecule has 100 valence electrons. The third kappa shape index (κ3) is 1.93. The number of carbonyl (C=O) groups excluding carboxylic acids is 3. The summed E-state index contributed by atoms with van der Waals surface area (Å²) in [5.41, 5.74) is 0.783. The van der Waals surface area contributed by atoms with Crippen LogP contribution in [0.5, 0.6) is 0 Å². The lowest BCUT2D eigenvalue weighted by atomic mass is 10.1. The predicted molar refractivity (Wildman–Crippen MR) is 69.5 cm³/mol. The van der Waals surface area contributed by atoms with E-state index < -0.39 is 0 Å². The third-order valence-electron chi connectivity index (χ3n) is 3.24. The topological polar surface area (TPSA) is 67.6 Å². The highest BCUT2D eigenvalue weighted by molar-refractivity contribution is 6.21. The van der Waals surface area contributed by atoms with Gasteiger partial charge in [-0.25, -0.2) is 0 Å². The fourth-order valence-corrected chi connectivity index (χ4v) is 2.22. The van der Waals surface area contributed by atoms with Gasteiger partial charge in [-0.3, -0.25) is 19.3 Å². The van der Waals surface area contributed by atoms with Crippen LogP contribution in [0.4, 0.5) is 0 Å². The Morgan fingerprint density at radius 1 is 1.00 bits per heavy atom. The maximum atomic E-state index is 12.1. The Bertz CT molecular complexity index is 653. The number of imide groups is 1. The van der Waals surface area contributed by atoms with Crippen molar-refractivity contribution in [2.45, 2.75) is 6.42 Å². The van der Waals surface area contributed by atoms with Crippen LogP contribution in [-0.2, 0) is 0 Å². The summed E-state index contributed by atoms with van der Waals surface area (Å²) in [6.45, 7) is 0.0614. The van der Waals surface area contributed by atoms with Crippen molar-refractivity contribution in [1.82, 2.24) is 4.90 Å². The molecule has 0 unspecified atom stereocenters. The molecule has 3 rings (SSSR count). The molecule has 0 atom stereocenters. The van der Waals surface area contributed by atoms with Crippen LogP contribution in [-0.4, -0.2) is 29.0 Å². The highest BCUT2D eigenvalue weighted by Crippen LogP contribution is 2.22. The summed E-state index contributed by atoms with van der Waals surface area (Å²) < 4.78 is 4.99. The van der Waals surface area contributed by atoms with Gasteiger partial charge in [0.15, 0.2) is 11.5 Å². The van der Waals surface area contributed by atoms with Crippen LogP contribution in [0.15, 0.2) is 47.1 Å². The third-order valence-corrected chi connectivity index (χ3v) is 3.24. The van der Waals surface area contributed by atoms with Crippen molar-refractivity contribution in [1.29, 1.82) is 0 Å². The number of hydrogen-bond donors (Lipinski definition) is 0. The van der Waals surface area contributed by atoms with Gasteiger partial charge in [0.1, 0.15) is 0 Å². The van der Waals surface area contributed by atoms with Crippen molar-refractivity contribution in [3.05, 3.63) is 59.5 Å². The first-order chi connectivity index (χ1) is 9.68. The maximum Gasteiger partial charge on any atom is 0.261 e. The second-order valence-electron chi connectivity index (χ2n) is 4.46. The molecule has 20 heavy (non-hydrogen) atoms. The van der Waals surface area contributed by atoms with Crippen LogP contribution in [0.1, 0.15) is 37.7 Å². The van der Waals surface area contributed by atoms with Crippen LogP contribution in [0.3, 0.4) is 0 Å². The second-order valence-corrected chi connectivity index (χ2v) is 4.46. The number of nitrogens with zero attached hydrogens (tertiary/aromatic N) is 1. The van der Waals surface area contributed by atoms with Crippen molar-refractivity contribution in [3.8, 4) is 0 Å². The van der Waals surface area contributed by atoms with E-state index in [-0.39, 0.29) is 36.3 Å². The monoisotopic (exact) mass is 269 g/mol. The smallest absolute Gasteiger partial charge is 0.261 e. The van der Waals surface area contributed by atoms with Gasteiger partial charge in [0.25, 0.3) is 11.8 Å². The first-order valence-corrected chi connectivity index (χ1v) is 6.20. The van der Waals surface area contributed by atoms with E-state index in [9.17, 15) is 14.4 Å². The molecule has 1 aromatic heterocycles. The molecule has 5 heteroatoms. The molecule has 1 aliphatic rings. The van der Waals surface area contributed by atoms with Gasteiger partial charge in [0.05, 0.1) is 17.4 Å². The molecule has 0 spiro atoms. The number of benzene rings is 1. The molecular formula is C15H11NO4. The van der Waals surface area contributed by atoms with Crippen LogP contribution in [0.2, 0.25) is 0 Å². The van der Waals surface area contributed by atoms with Crippen LogP contribution in [0, 0.1) is 0 Å². The number of amides is 2. The summed E-state index contributed by atoms with van der Waals surface area (Å²) in [6, 6.07) is 9.83. The van der Waals surface area contributed by atoms with Crippen molar-refractivity contribution >= 4 is 17.6 Å². The number of carbonyl (C=O) groups is 3. The van der Waals surface area contributed by atoms with E-state index in [0.29, 0.717) is 11.1 Å². The van der Waals surface area contributed by atoms with Crippen molar-refractivity contribution in [3.63, 3.8) is 0 Å². The Hall–Kier alpha value is -2.69. The molecule has 0 saturated heterocycles. The van der Waals surface area contributed by atoms with Crippen LogP contribution >= 0.6 is 0 Å². The lowest BCUT2D eigenvalue weighted by Gasteiger charge is -2.12. The first kappa shape index (κ1) is 12.3. The summed E-state index contributed by atoms with van der Waals surface area (Å²) in [4.78, 5) is 37.1. The van der Waals surface area contributed by atoms with Crippen molar-refractivity contribution < 1.29 is 18.8 Å². The minimum Gasteiger partial charge on any atom is -0.461 e. The van der Waals surface area contributed by atoms with Gasteiger partial charge in [-0.2, -0.15) is 0 Å². The van der Waals surface area contributed by atoms with Gasteiger partial charge in [-0.05, 0) is 24.3 Å². The maximum absolute atomic E-state index is 12.1. The largest absolute Gasteiger partial charge is 0.461 e. The van der Waals surface area contributed by atoms with Crippen LogP contribution < -0.4 is 0 Å². The SMILES string of the molecule is O=C(CCN1C(=O)c2ccccc2C1=O)c1ccco1. The molecule has 2 heterocycles. The number of ketones is 1. The Balaban J connectivity index is 1.73. The van der Waals surface area contributed by atoms with E-state index in [1.807, 2.05) is 0 Å². The fraction of sp³-hybridized carbons (Fsp3) is 0.133. The van der Waals surface area contributed by atoms with Gasteiger partial charge in [0.2, 0.25) is 0 Å². The number of fused-ring (bicyclic) bond motifs is 1. The Morgan fingerprint density at radius 3 is 2.20 bits per heavy atom. The summed E-state index contributed by atoms with van der Waals surface area (Å²) in [5, 5.41) is 0. The Morgan fingerprint density at radius 2 is 1.65 bits per heavy atom. The Labute approximate surface area is 114 Å². The minimum atomic E-state index is -0.349. The molecule has 0 radical (unpaired) electrons. The highest BCUT2D eigenvalue weighted by atomic mass is 16.3. The van der Waals surface area contributed by atoms with Crippen molar-refractivity contribution in [2.75, 3.05) is 6.54 Å². The van der Waals surface area contributed by atoms with E-state index in [1.165, 1.54) is 6.26 Å². The molecule has 1 aliphatic heterocycles. The second kappa shape index (κ2) is 4.77. The van der Waals surface area contributed by atoms with Crippen molar-refractivity contribution in [2.24, 2.45) is 0 Å². The summed E-state index contributed by atoms with van der Waals surface area (Å²) in [5.74, 6) is -0.691. The normalized spacial score (nSPS) is 13.7. The number of Topliss-reactive ketones (excluding diaryl/α,β-unsaturated/α-hetero) is 1. The zero-order valence-electron chi connectivity index (χ0n) is 10.5. The van der Waals surface area contributed by atoms with E-state index in [2.05, 4.69) is 0 Å². The molecule has 0 fully saturated rings. The average Bonchev–Trinajstić information content (AvgIpc) is 3.07. The van der Waals surface area contributed by atoms with Crippen LogP contribution in [0.25, 0.3) is 0 Å². The molecule has 2 aromatic rings. The lowest BCUT2D eigenvalue weighted by molar-refractivity contribution is 0.0648. The predicted octanol–water partition coefficient (Wildman–Crippen LogP) is 2.15. The van der Waals surface area contributed by atoms with E-state index >= 15 is 0 Å². The van der Waals surface area contributed by atoms with Gasteiger partial charge < -0.3 is 4.42 Å². The highest BCUT2D eigenvalue weighted by Gasteiger charge is 2.35. The Kier molecular flexibility index (Phi) is 2.95. The molecule has 2 amide bonds. The number of hydrogen-bond acceptors (Lipinski definition) is 4.